The van der Waals surface area contributed by atoms with E-state index in [1.165, 1.54) is 0 Å². The fourth-order valence-electron chi connectivity index (χ4n) is 3.93. The minimum atomic E-state index is -1.08. The first-order valence-corrected chi connectivity index (χ1v) is 12.6. The molecule has 0 saturated carbocycles. The average molecular weight is 747 g/mol. The predicted octanol–water partition coefficient (Wildman–Crippen LogP) is 4.31. The first-order chi connectivity index (χ1) is 18.9. The van der Waals surface area contributed by atoms with Gasteiger partial charge in [-0.2, -0.15) is 0 Å². The molecule has 0 saturated heterocycles. The van der Waals surface area contributed by atoms with Crippen LogP contribution in [0.2, 0.25) is 0 Å². The molecule has 0 bridgehead atoms. The summed E-state index contributed by atoms with van der Waals surface area (Å²) in [6, 6.07) is 24.9. The van der Waals surface area contributed by atoms with Gasteiger partial charge in [-0.3, -0.25) is 19.9 Å². The van der Waals surface area contributed by atoms with Crippen LogP contribution in [-0.4, -0.2) is 31.9 Å². The van der Waals surface area contributed by atoms with Crippen LogP contribution in [0.5, 0.6) is 0 Å². The Bertz CT molecular complexity index is 1580. The third-order valence-electron chi connectivity index (χ3n) is 5.60. The monoisotopic (exact) mass is 746 g/mol. The second-order valence-electron chi connectivity index (χ2n) is 9.21. The molecule has 0 fully saturated rings. The number of hydrogen-bond donors (Lipinski definition) is 0. The average Bonchev–Trinajstić information content (AvgIpc) is 2.88. The van der Waals surface area contributed by atoms with E-state index in [1.54, 1.807) is 0 Å². The molecular weight excluding hydrogens is 717 g/mol. The van der Waals surface area contributed by atoms with Gasteiger partial charge in [0.25, 0.3) is 0 Å². The van der Waals surface area contributed by atoms with Crippen LogP contribution in [0, 0.1) is 27.7 Å². The molecule has 0 amide bonds. The molecule has 0 aliphatic rings. The number of nitrogens with zero attached hydrogens (tertiary/aromatic N) is 4. The Kier molecular flexibility index (Phi) is 14.5. The van der Waals surface area contributed by atoms with Crippen LogP contribution >= 0.6 is 0 Å². The summed E-state index contributed by atoms with van der Waals surface area (Å²) in [6.07, 6.45) is 0. The second-order valence-corrected chi connectivity index (χ2v) is 9.21. The van der Waals surface area contributed by atoms with Crippen LogP contribution in [0.25, 0.3) is 43.6 Å². The molecule has 0 spiro atoms. The van der Waals surface area contributed by atoms with Gasteiger partial charge in [0, 0.05) is 56.3 Å². The van der Waals surface area contributed by atoms with Gasteiger partial charge in [-0.15, -0.1) is 0 Å². The zero-order valence-corrected chi connectivity index (χ0v) is 27.1. The summed E-state index contributed by atoms with van der Waals surface area (Å²) >= 11 is 0. The molecule has 0 atom stereocenters. The van der Waals surface area contributed by atoms with E-state index in [9.17, 15) is 0 Å². The fraction of sp³-hybridized carbons (Fsp3) is 0.188. The topological polar surface area (TPSA) is 132 Å². The molecule has 10 heteroatoms. The van der Waals surface area contributed by atoms with Crippen molar-refractivity contribution in [3.8, 4) is 0 Å². The zero-order chi connectivity index (χ0) is 29.4. The molecule has 42 heavy (non-hydrogen) atoms. The molecule has 6 rings (SSSR count). The van der Waals surface area contributed by atoms with Crippen molar-refractivity contribution in [1.82, 2.24) is 19.9 Å². The van der Waals surface area contributed by atoms with E-state index in [0.717, 1.165) is 80.2 Å². The van der Waals surface area contributed by atoms with E-state index in [0.29, 0.717) is 0 Å². The van der Waals surface area contributed by atoms with Crippen molar-refractivity contribution in [2.24, 2.45) is 0 Å². The van der Waals surface area contributed by atoms with Crippen molar-refractivity contribution in [1.29, 1.82) is 0 Å². The molecule has 0 aliphatic heterocycles. The summed E-state index contributed by atoms with van der Waals surface area (Å²) in [7, 11) is 0. The van der Waals surface area contributed by atoms with Crippen molar-refractivity contribution in [3.63, 3.8) is 0 Å². The summed E-state index contributed by atoms with van der Waals surface area (Å²) in [4.78, 5) is 36.1. The van der Waals surface area contributed by atoms with E-state index in [2.05, 4.69) is 68.5 Å². The summed E-state index contributed by atoms with van der Waals surface area (Å²) in [5.74, 6) is -2.17. The smallest absolute Gasteiger partial charge is 0.550 e. The molecule has 0 aliphatic carbocycles. The molecule has 0 unspecified atom stereocenters. The van der Waals surface area contributed by atoms with E-state index >= 15 is 0 Å². The van der Waals surface area contributed by atoms with Gasteiger partial charge < -0.3 is 19.8 Å². The van der Waals surface area contributed by atoms with E-state index in [1.807, 2.05) is 52.0 Å². The minimum absolute atomic E-state index is 0. The predicted molar refractivity (Wildman–Crippen MR) is 154 cm³/mol. The van der Waals surface area contributed by atoms with Gasteiger partial charge in [0.15, 0.2) is 0 Å². The third kappa shape index (κ3) is 10.3. The SMILES string of the molecule is CC(=O)[O-].CC(=O)[O-].Cc1ccc2ccc3ccc(C)nc3c2n1.Cc1ccc2ccc3ccc(C)nc3c2n1.[Pd+2].[Pd+2]. The molecule has 4 aromatic heterocycles. The Hall–Kier alpha value is -3.66. The van der Waals surface area contributed by atoms with Crippen molar-refractivity contribution >= 4 is 55.6 Å². The second kappa shape index (κ2) is 16.7. The Labute approximate surface area is 272 Å². The summed E-state index contributed by atoms with van der Waals surface area (Å²) < 4.78 is 0. The number of carbonyl (C=O) groups excluding carboxylic acids is 2. The van der Waals surface area contributed by atoms with Crippen LogP contribution in [0.15, 0.2) is 72.8 Å². The number of aryl methyl sites for hydroxylation is 4. The number of aromatic nitrogens is 4. The van der Waals surface area contributed by atoms with E-state index in [-0.39, 0.29) is 40.8 Å². The number of carbonyl (C=O) groups is 2. The van der Waals surface area contributed by atoms with Gasteiger partial charge in [-0.1, -0.05) is 48.5 Å². The van der Waals surface area contributed by atoms with Gasteiger partial charge in [0.2, 0.25) is 0 Å². The van der Waals surface area contributed by atoms with Crippen LogP contribution < -0.4 is 10.2 Å². The molecule has 4 heterocycles. The number of benzene rings is 2. The molecule has 2 aromatic carbocycles. The molecule has 8 nitrogen and oxygen atoms in total. The quantitative estimate of drug-likeness (QED) is 0.166. The number of hydrogen-bond acceptors (Lipinski definition) is 8. The van der Waals surface area contributed by atoms with E-state index < -0.39 is 11.9 Å². The Morgan fingerprint density at radius 3 is 0.738 bits per heavy atom. The van der Waals surface area contributed by atoms with Crippen LogP contribution in [0.1, 0.15) is 36.6 Å². The summed E-state index contributed by atoms with van der Waals surface area (Å²) in [6.45, 7) is 9.98. The van der Waals surface area contributed by atoms with Crippen molar-refractivity contribution in [2.75, 3.05) is 0 Å². The Morgan fingerprint density at radius 2 is 0.571 bits per heavy atom. The maximum Gasteiger partial charge on any atom is 2.00 e. The third-order valence-corrected chi connectivity index (χ3v) is 5.60. The Balaban J connectivity index is 0.000000324. The number of carboxylic acid groups (broad SMARTS) is 2. The number of rotatable bonds is 0. The maximum absolute atomic E-state index is 8.89. The van der Waals surface area contributed by atoms with Gasteiger partial charge in [-0.05, 0) is 65.8 Å². The Morgan fingerprint density at radius 1 is 0.429 bits per heavy atom. The molecule has 6 aromatic rings. The molecule has 0 N–H and O–H groups in total. The first-order valence-electron chi connectivity index (χ1n) is 12.6. The zero-order valence-electron chi connectivity index (χ0n) is 24.0. The number of fused-ring (bicyclic) bond motifs is 6. The van der Waals surface area contributed by atoms with E-state index in [4.69, 9.17) is 19.8 Å². The van der Waals surface area contributed by atoms with Gasteiger partial charge in [-0.25, -0.2) is 0 Å². The van der Waals surface area contributed by atoms with Crippen LogP contribution in [-0.2, 0) is 50.4 Å². The molecule has 220 valence electrons. The standard InChI is InChI=1S/2C14H12N2.2C2H4O2.2Pd/c2*1-9-3-5-11-7-8-12-6-4-10(2)16-14(12)13(11)15-9;2*1-2(3)4;;/h2*3-8H,1-2H3;2*1H3,(H,3,4);;/q;;;;2*+2/p-2. The van der Waals surface area contributed by atoms with Crippen LogP contribution in [0.4, 0.5) is 0 Å². The van der Waals surface area contributed by atoms with Crippen molar-refractivity contribution in [2.45, 2.75) is 41.5 Å². The van der Waals surface area contributed by atoms with Gasteiger partial charge >= 0.3 is 40.8 Å². The summed E-state index contributed by atoms with van der Waals surface area (Å²) in [5, 5.41) is 22.4. The number of pyridine rings is 4. The fourth-order valence-corrected chi connectivity index (χ4v) is 3.93. The van der Waals surface area contributed by atoms with Gasteiger partial charge in [0.05, 0.1) is 22.1 Å². The maximum atomic E-state index is 8.89. The van der Waals surface area contributed by atoms with Crippen LogP contribution in [0.3, 0.4) is 0 Å². The number of aliphatic carboxylic acids is 2. The number of carboxylic acids is 2. The summed E-state index contributed by atoms with van der Waals surface area (Å²) in [5.41, 5.74) is 8.13. The van der Waals surface area contributed by atoms with Crippen molar-refractivity contribution in [3.05, 3.63) is 95.6 Å². The molecular formula is C32H30N4O4Pd2+2. The largest absolute Gasteiger partial charge is 2.00 e. The van der Waals surface area contributed by atoms with Gasteiger partial charge in [0.1, 0.15) is 0 Å². The van der Waals surface area contributed by atoms with Crippen molar-refractivity contribution < 1.29 is 60.6 Å². The minimum Gasteiger partial charge on any atom is -0.550 e. The molecule has 0 radical (unpaired) electrons. The first kappa shape index (κ1) is 36.4. The normalized spacial score (nSPS) is 9.67.